The Morgan fingerprint density at radius 2 is 0.371 bits per heavy atom. The molecule has 0 rings (SSSR count). The van der Waals surface area contributed by atoms with Crippen LogP contribution in [0.2, 0.25) is 0 Å². The molecule has 15 atom stereocenters. The van der Waals surface area contributed by atoms with Gasteiger partial charge in [-0.2, -0.15) is 0 Å². The molecule has 0 unspecified atom stereocenters. The Hall–Kier alpha value is -9.33. The molecule has 0 aromatic heterocycles. The van der Waals surface area contributed by atoms with Crippen molar-refractivity contribution < 1.29 is 81.5 Å². The summed E-state index contributed by atoms with van der Waals surface area (Å²) in [6.45, 7) is 34.7. The number of carbonyl (C=O) groups excluding carboxylic acids is 17. The van der Waals surface area contributed by atoms with E-state index in [0.717, 1.165) is 0 Å². The molecular formula is C98H189N25O17. The number of rotatable bonds is 79. The average Bonchev–Trinajstić information content (AvgIpc) is 0.851. The maximum atomic E-state index is 15.0. The van der Waals surface area contributed by atoms with Gasteiger partial charge in [-0.1, -0.05) is 131 Å². The van der Waals surface area contributed by atoms with Gasteiger partial charge in [0.05, 0.1) is 12.6 Å². The van der Waals surface area contributed by atoms with Gasteiger partial charge in [-0.25, -0.2) is 5.84 Å². The first-order chi connectivity index (χ1) is 66.0. The van der Waals surface area contributed by atoms with Crippen LogP contribution in [0.25, 0.3) is 0 Å². The average molecular weight is 1990 g/mol. The Kier molecular flexibility index (Phi) is 69.6. The van der Waals surface area contributed by atoms with Crippen LogP contribution >= 0.6 is 0 Å². The van der Waals surface area contributed by atoms with E-state index < -0.39 is 192 Å². The van der Waals surface area contributed by atoms with Crippen molar-refractivity contribution in [2.24, 2.45) is 99.2 Å². The lowest BCUT2D eigenvalue weighted by Gasteiger charge is -2.30. The smallest absolute Gasteiger partial charge is 0.243 e. The van der Waals surface area contributed by atoms with Crippen LogP contribution in [0.1, 0.15) is 324 Å². The van der Waals surface area contributed by atoms with E-state index in [0.29, 0.717) is 129 Å². The van der Waals surface area contributed by atoms with Crippen LogP contribution in [-0.4, -0.2) is 243 Å². The minimum Gasteiger partial charge on any atom is -0.355 e. The molecule has 0 saturated heterocycles. The van der Waals surface area contributed by atoms with Crippen molar-refractivity contribution in [2.75, 3.05) is 52.4 Å². The largest absolute Gasteiger partial charge is 0.355 e. The highest BCUT2D eigenvalue weighted by Crippen LogP contribution is 2.20. The summed E-state index contributed by atoms with van der Waals surface area (Å²) in [5, 5.41) is 44.9. The second-order valence-corrected chi connectivity index (χ2v) is 41.3. The molecule has 0 spiro atoms. The van der Waals surface area contributed by atoms with E-state index >= 15 is 0 Å². The molecule has 0 fully saturated rings. The quantitative estimate of drug-likeness (QED) is 0.0175. The van der Waals surface area contributed by atoms with Crippen LogP contribution in [0.5, 0.6) is 0 Å². The normalized spacial score (nSPS) is 14.8. The van der Waals surface area contributed by atoms with E-state index in [1.807, 2.05) is 125 Å². The summed E-state index contributed by atoms with van der Waals surface area (Å²) in [7, 11) is 0. The van der Waals surface area contributed by atoms with E-state index in [1.165, 1.54) is 0 Å². The van der Waals surface area contributed by atoms with Crippen LogP contribution < -0.4 is 136 Å². The molecule has 0 aliphatic carbocycles. The monoisotopic (exact) mass is 1990 g/mol. The molecule has 0 aromatic rings. The summed E-state index contributed by atoms with van der Waals surface area (Å²) in [5.41, 5.74) is 43.6. The van der Waals surface area contributed by atoms with Crippen LogP contribution in [-0.2, 0) is 81.5 Å². The highest BCUT2D eigenvalue weighted by Gasteiger charge is 2.40. The van der Waals surface area contributed by atoms with Gasteiger partial charge < -0.3 is 125 Å². The zero-order valence-electron chi connectivity index (χ0n) is 88.0. The Morgan fingerprint density at radius 3 is 0.557 bits per heavy atom. The van der Waals surface area contributed by atoms with Crippen molar-refractivity contribution >= 4 is 100 Å². The third kappa shape index (κ3) is 58.9. The van der Waals surface area contributed by atoms with Gasteiger partial charge in [0.1, 0.15) is 84.6 Å². The van der Waals surface area contributed by atoms with Gasteiger partial charge in [0, 0.05) is 13.0 Å². The van der Waals surface area contributed by atoms with E-state index in [1.54, 1.807) is 0 Å². The predicted molar refractivity (Wildman–Crippen MR) is 544 cm³/mol. The number of hydrogen-bond acceptors (Lipinski definition) is 25. The van der Waals surface area contributed by atoms with E-state index in [9.17, 15) is 81.5 Å². The molecule has 0 heterocycles. The van der Waals surface area contributed by atoms with Crippen molar-refractivity contribution in [3.63, 3.8) is 0 Å². The second kappa shape index (κ2) is 74.6. The molecular weight excluding hydrogens is 1800 g/mol. The van der Waals surface area contributed by atoms with Crippen LogP contribution in [0.4, 0.5) is 0 Å². The van der Waals surface area contributed by atoms with Gasteiger partial charge >= 0.3 is 0 Å². The minimum absolute atomic E-state index is 0.0229. The molecule has 33 N–H and O–H groups in total. The number of nitrogens with two attached hydrogens (primary N) is 8. The first kappa shape index (κ1) is 131. The van der Waals surface area contributed by atoms with Crippen molar-refractivity contribution in [1.29, 1.82) is 0 Å². The molecule has 0 aliphatic heterocycles. The lowest BCUT2D eigenvalue weighted by molar-refractivity contribution is -0.137. The topological polar surface area (TPSA) is 703 Å². The van der Waals surface area contributed by atoms with Crippen molar-refractivity contribution in [1.82, 2.24) is 90.5 Å². The number of nitrogens with one attached hydrogen (secondary N) is 17. The molecule has 0 aromatic carbocycles. The zero-order valence-corrected chi connectivity index (χ0v) is 88.0. The Bertz CT molecular complexity index is 3690. The highest BCUT2D eigenvalue weighted by molar-refractivity contribution is 6.01. The predicted octanol–water partition coefficient (Wildman–Crippen LogP) is 1.07. The number of hydrazine groups is 1. The van der Waals surface area contributed by atoms with Crippen LogP contribution in [0.3, 0.4) is 0 Å². The highest BCUT2D eigenvalue weighted by atomic mass is 16.2. The number of hydrogen-bond donors (Lipinski definition) is 25. The number of carbonyl (C=O) groups is 17. The molecule has 17 amide bonds. The van der Waals surface area contributed by atoms with Crippen LogP contribution in [0.15, 0.2) is 0 Å². The van der Waals surface area contributed by atoms with E-state index in [2.05, 4.69) is 90.5 Å². The fourth-order valence-corrected chi connectivity index (χ4v) is 15.9. The lowest BCUT2D eigenvalue weighted by atomic mass is 9.97. The summed E-state index contributed by atoms with van der Waals surface area (Å²) < 4.78 is 0. The first-order valence-electron chi connectivity index (χ1n) is 51.8. The SMILES string of the molecule is CC(C)C[C@H](NC(=O)[C@H](CCCCN)NC(=O)[C@H](CC(C)C)NC(=O)[C@H](CC(C)C)NC(=O)[C@H](CCCCN)NC(=O)[C@H](CC(C)C)NC(=O)[C@H](CC(C)C)NC(=O)[C@H](CC(C)C)NC(=O)[C@H](CCCCN)NC(=O)[C@H](CC(C)C)NC(=O)[C@H](CC(C)C)NC(=O)[C@H](CCCCN)NC(=O)[C@H](CCCCN)NC(=O)[C@@H](N)CC(C)C)C(=O)N[C@@H](CCCCN)C(=O)NCC(=O)NCCCCCC(=O)NN. The van der Waals surface area contributed by atoms with Crippen molar-refractivity contribution in [3.8, 4) is 0 Å². The van der Waals surface area contributed by atoms with E-state index in [4.69, 9.17) is 46.0 Å². The molecule has 808 valence electrons. The molecule has 0 saturated carbocycles. The van der Waals surface area contributed by atoms with Crippen LogP contribution in [0, 0.1) is 53.3 Å². The van der Waals surface area contributed by atoms with Gasteiger partial charge in [-0.05, 0) is 279 Å². The summed E-state index contributed by atoms with van der Waals surface area (Å²) in [6.07, 6.45) is 8.73. The Balaban J connectivity index is 7.38. The van der Waals surface area contributed by atoms with Crippen molar-refractivity contribution in [2.45, 2.75) is 414 Å². The van der Waals surface area contributed by atoms with Crippen molar-refractivity contribution in [3.05, 3.63) is 0 Å². The maximum absolute atomic E-state index is 15.0. The second-order valence-electron chi connectivity index (χ2n) is 41.3. The van der Waals surface area contributed by atoms with Gasteiger partial charge in [0.25, 0.3) is 0 Å². The van der Waals surface area contributed by atoms with E-state index in [-0.39, 0.29) is 175 Å². The van der Waals surface area contributed by atoms with Gasteiger partial charge in [0.2, 0.25) is 100 Å². The van der Waals surface area contributed by atoms with Gasteiger partial charge in [-0.3, -0.25) is 86.9 Å². The van der Waals surface area contributed by atoms with Gasteiger partial charge in [0.15, 0.2) is 0 Å². The Labute approximate surface area is 834 Å². The summed E-state index contributed by atoms with van der Waals surface area (Å²) in [4.78, 5) is 243. The fraction of sp³-hybridized carbons (Fsp3) is 0.827. The zero-order chi connectivity index (χ0) is 106. The number of amides is 17. The molecule has 0 aliphatic rings. The molecule has 0 bridgehead atoms. The molecule has 0 radical (unpaired) electrons. The van der Waals surface area contributed by atoms with Gasteiger partial charge in [-0.15, -0.1) is 0 Å². The minimum atomic E-state index is -1.33. The fourth-order valence-electron chi connectivity index (χ4n) is 15.9. The third-order valence-corrected chi connectivity index (χ3v) is 23.2. The molecule has 140 heavy (non-hydrogen) atoms. The first-order valence-corrected chi connectivity index (χ1v) is 51.8. The maximum Gasteiger partial charge on any atom is 0.243 e. The standard InChI is InChI=1S/C98H189N25O17/c1-58(2)48-67(105)84(126)109-69(35-22-28-42-100)86(128)111-70(36-23-29-43-101)87(129)116-78(53-63(11)12)95(137)119-76(51-61(7)8)93(135)113-73(39-26-32-46-104)90(132)118-80(55-65(15)16)97(139)122-81(56-66(17)18)98(140)121-77(52-62(9)10)94(136)114-72(38-25-31-45-103)89(131)117-79(54-64(13)14)96(138)120-75(50-60(5)6)92(134)112-71(37-24-30-44-102)88(130)115-74(49-59(3)4)91(133)110-68(34-21-27-41-99)85(127)108-57-83(125)107-47-33-19-20-40-82(124)123-106/h58-81H,19-57,99-106H2,1-18H3,(H,107,125)(H,108,127)(H,109,126)(H,110,133)(H,111,128)(H,112,134)(H,113,135)(H,114,136)(H,115,130)(H,116,129)(H,117,131)(H,118,132)(H,119,137)(H,120,138)(H,121,140)(H,122,139)(H,123,124)/t67-,68-,69-,70-,71-,72-,73-,74-,75-,76-,77-,78-,79-,80-,81-/m0/s1. The Morgan fingerprint density at radius 1 is 0.193 bits per heavy atom. The molecule has 42 nitrogen and oxygen atoms in total. The summed E-state index contributed by atoms with van der Waals surface area (Å²) in [6, 6.07) is -18.5. The molecule has 42 heteroatoms. The lowest BCUT2D eigenvalue weighted by Crippen LogP contribution is -2.61. The number of unbranched alkanes of at least 4 members (excludes halogenated alkanes) is 8. The third-order valence-electron chi connectivity index (χ3n) is 23.2. The summed E-state index contributed by atoms with van der Waals surface area (Å²) in [5.74, 6) is -8.07. The summed E-state index contributed by atoms with van der Waals surface area (Å²) >= 11 is 0.